The van der Waals surface area contributed by atoms with Gasteiger partial charge in [0.2, 0.25) is 5.91 Å². The molecule has 1 fully saturated rings. The van der Waals surface area contributed by atoms with Crippen molar-refractivity contribution in [3.8, 4) is 0 Å². The van der Waals surface area contributed by atoms with Crippen LogP contribution in [0.4, 0.5) is 0 Å². The van der Waals surface area contributed by atoms with Gasteiger partial charge in [-0.25, -0.2) is 0 Å². The standard InChI is InChI=1S/C18H29N3O/c1-5-20-8-10-21(11-9-20)13-18(22)19-16(4)17-7-6-14(2)15(3)12-17/h6-7,12,16H,5,8-11,13H2,1-4H3,(H,19,22). The Morgan fingerprint density at radius 2 is 1.77 bits per heavy atom. The van der Waals surface area contributed by atoms with Crippen LogP contribution in [0.1, 0.15) is 36.6 Å². The number of carbonyl (C=O) groups excluding carboxylic acids is 1. The Morgan fingerprint density at radius 1 is 1.14 bits per heavy atom. The molecule has 0 bridgehead atoms. The Hall–Kier alpha value is -1.39. The number of rotatable bonds is 5. The van der Waals surface area contributed by atoms with Gasteiger partial charge >= 0.3 is 0 Å². The Kier molecular flexibility index (Phi) is 5.98. The fourth-order valence-corrected chi connectivity index (χ4v) is 2.87. The van der Waals surface area contributed by atoms with Gasteiger partial charge in [-0.05, 0) is 44.0 Å². The van der Waals surface area contributed by atoms with Crippen molar-refractivity contribution >= 4 is 5.91 Å². The maximum Gasteiger partial charge on any atom is 0.234 e. The predicted octanol–water partition coefficient (Wildman–Crippen LogP) is 2.12. The molecule has 0 aliphatic carbocycles. The summed E-state index contributed by atoms with van der Waals surface area (Å²) in [6.45, 7) is 14.2. The average molecular weight is 303 g/mol. The minimum Gasteiger partial charge on any atom is -0.348 e. The van der Waals surface area contributed by atoms with Crippen molar-refractivity contribution in [3.63, 3.8) is 0 Å². The highest BCUT2D eigenvalue weighted by atomic mass is 16.2. The summed E-state index contributed by atoms with van der Waals surface area (Å²) in [6.07, 6.45) is 0. The minimum absolute atomic E-state index is 0.0590. The van der Waals surface area contributed by atoms with Crippen LogP contribution in [0.5, 0.6) is 0 Å². The van der Waals surface area contributed by atoms with Crippen LogP contribution in [0.2, 0.25) is 0 Å². The number of nitrogens with zero attached hydrogens (tertiary/aromatic N) is 2. The highest BCUT2D eigenvalue weighted by Gasteiger charge is 2.18. The summed E-state index contributed by atoms with van der Waals surface area (Å²) in [5.41, 5.74) is 3.73. The molecule has 2 rings (SSSR count). The van der Waals surface area contributed by atoms with Gasteiger partial charge in [0.15, 0.2) is 0 Å². The lowest BCUT2D eigenvalue weighted by molar-refractivity contribution is -0.123. The Morgan fingerprint density at radius 3 is 2.36 bits per heavy atom. The fraction of sp³-hybridized carbons (Fsp3) is 0.611. The number of nitrogens with one attached hydrogen (secondary N) is 1. The van der Waals surface area contributed by atoms with Gasteiger partial charge < -0.3 is 10.2 Å². The normalized spacial score (nSPS) is 18.2. The molecule has 1 aromatic rings. The number of amides is 1. The van der Waals surface area contributed by atoms with Crippen molar-refractivity contribution in [2.24, 2.45) is 0 Å². The molecule has 0 radical (unpaired) electrons. The zero-order valence-corrected chi connectivity index (χ0v) is 14.4. The van der Waals surface area contributed by atoms with E-state index < -0.39 is 0 Å². The molecule has 122 valence electrons. The van der Waals surface area contributed by atoms with Gasteiger partial charge in [0.25, 0.3) is 0 Å². The molecule has 1 aliphatic heterocycles. The smallest absolute Gasteiger partial charge is 0.234 e. The second-order valence-electron chi connectivity index (χ2n) is 6.34. The lowest BCUT2D eigenvalue weighted by Crippen LogP contribution is -2.49. The van der Waals surface area contributed by atoms with E-state index in [0.29, 0.717) is 6.54 Å². The Labute approximate surface area is 134 Å². The summed E-state index contributed by atoms with van der Waals surface area (Å²) in [5, 5.41) is 3.12. The van der Waals surface area contributed by atoms with Crippen LogP contribution < -0.4 is 5.32 Å². The van der Waals surface area contributed by atoms with E-state index in [-0.39, 0.29) is 11.9 Å². The van der Waals surface area contributed by atoms with E-state index in [1.807, 2.05) is 0 Å². The lowest BCUT2D eigenvalue weighted by atomic mass is 10.0. The first-order chi connectivity index (χ1) is 10.5. The molecule has 4 nitrogen and oxygen atoms in total. The molecule has 1 aromatic carbocycles. The second kappa shape index (κ2) is 7.75. The molecule has 0 saturated carbocycles. The number of carbonyl (C=O) groups is 1. The van der Waals surface area contributed by atoms with Crippen molar-refractivity contribution in [1.82, 2.24) is 15.1 Å². The van der Waals surface area contributed by atoms with Crippen LogP contribution in [-0.2, 0) is 4.79 Å². The largest absolute Gasteiger partial charge is 0.348 e. The highest BCUT2D eigenvalue weighted by Crippen LogP contribution is 2.16. The van der Waals surface area contributed by atoms with Crippen molar-refractivity contribution in [2.75, 3.05) is 39.3 Å². The summed E-state index contributed by atoms with van der Waals surface area (Å²) < 4.78 is 0. The topological polar surface area (TPSA) is 35.6 Å². The first-order valence-electron chi connectivity index (χ1n) is 8.30. The Bertz CT molecular complexity index is 507. The van der Waals surface area contributed by atoms with Gasteiger partial charge in [-0.1, -0.05) is 25.1 Å². The predicted molar refractivity (Wildman–Crippen MR) is 91.0 cm³/mol. The SMILES string of the molecule is CCN1CCN(CC(=O)NC(C)c2ccc(C)c(C)c2)CC1. The van der Waals surface area contributed by atoms with Gasteiger partial charge in [-0.3, -0.25) is 9.69 Å². The number of hydrogen-bond donors (Lipinski definition) is 1. The molecule has 1 aliphatic rings. The highest BCUT2D eigenvalue weighted by molar-refractivity contribution is 5.78. The van der Waals surface area contributed by atoms with Crippen LogP contribution >= 0.6 is 0 Å². The van der Waals surface area contributed by atoms with E-state index in [9.17, 15) is 4.79 Å². The van der Waals surface area contributed by atoms with E-state index in [1.54, 1.807) is 0 Å². The number of aryl methyl sites for hydroxylation is 2. The maximum atomic E-state index is 12.2. The summed E-state index contributed by atoms with van der Waals surface area (Å²) >= 11 is 0. The molecule has 1 amide bonds. The molecule has 1 heterocycles. The number of likely N-dealkylation sites (N-methyl/N-ethyl adjacent to an activating group) is 1. The third-order valence-corrected chi connectivity index (χ3v) is 4.69. The van der Waals surface area contributed by atoms with Crippen molar-refractivity contribution in [1.29, 1.82) is 0 Å². The lowest BCUT2D eigenvalue weighted by Gasteiger charge is -2.33. The molecule has 1 atom stereocenters. The van der Waals surface area contributed by atoms with Crippen molar-refractivity contribution < 1.29 is 4.79 Å². The van der Waals surface area contributed by atoms with E-state index in [1.165, 1.54) is 16.7 Å². The van der Waals surface area contributed by atoms with Gasteiger partial charge in [-0.15, -0.1) is 0 Å². The van der Waals surface area contributed by atoms with Gasteiger partial charge in [0, 0.05) is 26.2 Å². The van der Waals surface area contributed by atoms with Crippen molar-refractivity contribution in [2.45, 2.75) is 33.7 Å². The van der Waals surface area contributed by atoms with Crippen LogP contribution in [0, 0.1) is 13.8 Å². The zero-order valence-electron chi connectivity index (χ0n) is 14.4. The van der Waals surface area contributed by atoms with Crippen molar-refractivity contribution in [3.05, 3.63) is 34.9 Å². The number of piperazine rings is 1. The molecular formula is C18H29N3O. The first kappa shape index (κ1) is 17.0. The quantitative estimate of drug-likeness (QED) is 0.905. The van der Waals surface area contributed by atoms with E-state index in [0.717, 1.165) is 32.7 Å². The number of hydrogen-bond acceptors (Lipinski definition) is 3. The van der Waals surface area contributed by atoms with E-state index >= 15 is 0 Å². The molecular weight excluding hydrogens is 274 g/mol. The summed E-state index contributed by atoms with van der Waals surface area (Å²) in [5.74, 6) is 0.121. The van der Waals surface area contributed by atoms with Gasteiger partial charge in [0.1, 0.15) is 0 Å². The monoisotopic (exact) mass is 303 g/mol. The average Bonchev–Trinajstić information content (AvgIpc) is 2.50. The van der Waals surface area contributed by atoms with Crippen LogP contribution in [-0.4, -0.2) is 55.0 Å². The molecule has 4 heteroatoms. The third kappa shape index (κ3) is 4.55. The van der Waals surface area contributed by atoms with Crippen LogP contribution in [0.15, 0.2) is 18.2 Å². The van der Waals surface area contributed by atoms with E-state index in [2.05, 4.69) is 61.0 Å². The Balaban J connectivity index is 1.82. The second-order valence-corrected chi connectivity index (χ2v) is 6.34. The fourth-order valence-electron chi connectivity index (χ4n) is 2.87. The molecule has 1 saturated heterocycles. The zero-order chi connectivity index (χ0) is 16.1. The van der Waals surface area contributed by atoms with Crippen LogP contribution in [0.3, 0.4) is 0 Å². The molecule has 1 unspecified atom stereocenters. The van der Waals surface area contributed by atoms with Gasteiger partial charge in [0.05, 0.1) is 12.6 Å². The van der Waals surface area contributed by atoms with Gasteiger partial charge in [-0.2, -0.15) is 0 Å². The molecule has 0 aromatic heterocycles. The summed E-state index contributed by atoms with van der Waals surface area (Å²) in [4.78, 5) is 16.9. The maximum absolute atomic E-state index is 12.2. The number of benzene rings is 1. The summed E-state index contributed by atoms with van der Waals surface area (Å²) in [7, 11) is 0. The summed E-state index contributed by atoms with van der Waals surface area (Å²) in [6, 6.07) is 6.45. The molecule has 0 spiro atoms. The molecule has 1 N–H and O–H groups in total. The third-order valence-electron chi connectivity index (χ3n) is 4.69. The first-order valence-corrected chi connectivity index (χ1v) is 8.30. The van der Waals surface area contributed by atoms with E-state index in [4.69, 9.17) is 0 Å². The van der Waals surface area contributed by atoms with Crippen LogP contribution in [0.25, 0.3) is 0 Å². The molecule has 22 heavy (non-hydrogen) atoms. The minimum atomic E-state index is 0.0590.